The van der Waals surface area contributed by atoms with E-state index in [2.05, 4.69) is 10.6 Å². The van der Waals surface area contributed by atoms with Gasteiger partial charge in [0.15, 0.2) is 6.61 Å². The maximum Gasteiger partial charge on any atom is 0.329 e. The predicted molar refractivity (Wildman–Crippen MR) is 119 cm³/mol. The minimum absolute atomic E-state index is 0.194. The summed E-state index contributed by atoms with van der Waals surface area (Å²) in [5, 5.41) is 14.3. The van der Waals surface area contributed by atoms with Crippen LogP contribution in [0.25, 0.3) is 0 Å². The van der Waals surface area contributed by atoms with Gasteiger partial charge in [-0.25, -0.2) is 4.79 Å². The zero-order chi connectivity index (χ0) is 23.7. The number of amides is 2. The number of nitrogens with zero attached hydrogens (tertiary/aromatic N) is 1. The zero-order valence-corrected chi connectivity index (χ0v) is 18.7. The highest BCUT2D eigenvalue weighted by atomic mass is 35.5. The Morgan fingerprint density at radius 2 is 1.81 bits per heavy atom. The summed E-state index contributed by atoms with van der Waals surface area (Å²) in [6.45, 7) is 5.34. The maximum absolute atomic E-state index is 12.5. The van der Waals surface area contributed by atoms with Crippen molar-refractivity contribution in [3.8, 4) is 11.8 Å². The molecule has 2 amide bonds. The van der Waals surface area contributed by atoms with Crippen molar-refractivity contribution in [3.05, 3.63) is 58.6 Å². The minimum Gasteiger partial charge on any atom is -0.494 e. The summed E-state index contributed by atoms with van der Waals surface area (Å²) in [5.41, 5.74) is 1.00. The number of carbonyl (C=O) groups excluding carboxylic acids is 3. The Labute approximate surface area is 191 Å². The van der Waals surface area contributed by atoms with Gasteiger partial charge >= 0.3 is 5.97 Å². The van der Waals surface area contributed by atoms with Gasteiger partial charge in [-0.05, 0) is 55.3 Å². The third kappa shape index (κ3) is 7.00. The van der Waals surface area contributed by atoms with E-state index in [9.17, 15) is 14.4 Å². The molecule has 2 aromatic carbocycles. The van der Waals surface area contributed by atoms with E-state index in [-0.39, 0.29) is 16.5 Å². The molecule has 2 aromatic rings. The van der Waals surface area contributed by atoms with Crippen molar-refractivity contribution in [2.24, 2.45) is 5.92 Å². The fourth-order valence-corrected chi connectivity index (χ4v) is 2.92. The molecule has 32 heavy (non-hydrogen) atoms. The lowest BCUT2D eigenvalue weighted by Gasteiger charge is -2.21. The smallest absolute Gasteiger partial charge is 0.329 e. The second-order valence-electron chi connectivity index (χ2n) is 7.11. The molecule has 0 radical (unpaired) electrons. The van der Waals surface area contributed by atoms with Crippen LogP contribution in [0.1, 0.15) is 36.7 Å². The van der Waals surface area contributed by atoms with Crippen molar-refractivity contribution in [3.63, 3.8) is 0 Å². The highest BCUT2D eigenvalue weighted by Gasteiger charge is 2.27. The van der Waals surface area contributed by atoms with E-state index in [4.69, 9.17) is 26.3 Å². The fraction of sp³-hybridized carbons (Fsp3) is 0.304. The first-order valence-electron chi connectivity index (χ1n) is 9.95. The summed E-state index contributed by atoms with van der Waals surface area (Å²) >= 11 is 5.93. The molecular formula is C23H24ClN3O5. The number of anilines is 1. The van der Waals surface area contributed by atoms with Crippen LogP contribution < -0.4 is 15.4 Å². The average Bonchev–Trinajstić information content (AvgIpc) is 2.76. The van der Waals surface area contributed by atoms with E-state index in [0.29, 0.717) is 23.6 Å². The van der Waals surface area contributed by atoms with Crippen LogP contribution in [0.5, 0.6) is 5.75 Å². The van der Waals surface area contributed by atoms with E-state index < -0.39 is 30.4 Å². The lowest BCUT2D eigenvalue weighted by Crippen LogP contribution is -2.45. The van der Waals surface area contributed by atoms with Crippen molar-refractivity contribution in [2.45, 2.75) is 26.8 Å². The normalized spacial score (nSPS) is 11.2. The first-order valence-corrected chi connectivity index (χ1v) is 10.3. The van der Waals surface area contributed by atoms with Gasteiger partial charge in [0, 0.05) is 11.3 Å². The number of halogens is 1. The molecule has 0 unspecified atom stereocenters. The number of carbonyl (C=O) groups is 3. The summed E-state index contributed by atoms with van der Waals surface area (Å²) in [6.07, 6.45) is 0. The van der Waals surface area contributed by atoms with E-state index >= 15 is 0 Å². The summed E-state index contributed by atoms with van der Waals surface area (Å²) in [7, 11) is 0. The van der Waals surface area contributed by atoms with Crippen LogP contribution in [-0.4, -0.2) is 37.0 Å². The van der Waals surface area contributed by atoms with Gasteiger partial charge in [0.2, 0.25) is 0 Å². The molecule has 0 fully saturated rings. The van der Waals surface area contributed by atoms with E-state index in [1.165, 1.54) is 18.2 Å². The molecule has 1 atom stereocenters. The molecule has 8 nitrogen and oxygen atoms in total. The predicted octanol–water partition coefficient (Wildman–Crippen LogP) is 3.55. The van der Waals surface area contributed by atoms with Gasteiger partial charge in [-0.1, -0.05) is 25.4 Å². The number of hydrogen-bond donors (Lipinski definition) is 2. The quantitative estimate of drug-likeness (QED) is 0.556. The maximum atomic E-state index is 12.5. The van der Waals surface area contributed by atoms with Crippen LogP contribution in [0, 0.1) is 17.2 Å². The van der Waals surface area contributed by atoms with Crippen molar-refractivity contribution in [1.29, 1.82) is 5.26 Å². The summed E-state index contributed by atoms with van der Waals surface area (Å²) in [6, 6.07) is 11.9. The molecule has 0 bridgehead atoms. The summed E-state index contributed by atoms with van der Waals surface area (Å²) in [4.78, 5) is 37.1. The third-order valence-electron chi connectivity index (χ3n) is 4.35. The second-order valence-corrected chi connectivity index (χ2v) is 7.52. The number of ether oxygens (including phenoxy) is 2. The van der Waals surface area contributed by atoms with Gasteiger partial charge in [0.1, 0.15) is 17.9 Å². The van der Waals surface area contributed by atoms with Gasteiger partial charge in [0.05, 0.1) is 17.2 Å². The third-order valence-corrected chi connectivity index (χ3v) is 4.67. The number of hydrogen-bond acceptors (Lipinski definition) is 6. The van der Waals surface area contributed by atoms with Gasteiger partial charge in [0.25, 0.3) is 11.8 Å². The Morgan fingerprint density at radius 1 is 1.12 bits per heavy atom. The minimum atomic E-state index is -0.939. The first-order chi connectivity index (χ1) is 15.2. The average molecular weight is 458 g/mol. The number of benzene rings is 2. The Bertz CT molecular complexity index is 1020. The summed E-state index contributed by atoms with van der Waals surface area (Å²) < 4.78 is 10.4. The zero-order valence-electron chi connectivity index (χ0n) is 18.0. The van der Waals surface area contributed by atoms with Gasteiger partial charge in [-0.3, -0.25) is 9.59 Å². The Kier molecular flexibility index (Phi) is 9.05. The highest BCUT2D eigenvalue weighted by molar-refractivity contribution is 6.32. The Hall–Kier alpha value is -3.57. The van der Waals surface area contributed by atoms with Crippen molar-refractivity contribution in [2.75, 3.05) is 18.5 Å². The van der Waals surface area contributed by atoms with Crippen LogP contribution in [0.4, 0.5) is 5.69 Å². The van der Waals surface area contributed by atoms with E-state index in [1.807, 2.05) is 13.0 Å². The molecule has 0 spiro atoms. The molecule has 9 heteroatoms. The van der Waals surface area contributed by atoms with Crippen molar-refractivity contribution in [1.82, 2.24) is 5.32 Å². The molecule has 0 heterocycles. The molecule has 0 saturated heterocycles. The SMILES string of the molecule is CCOc1ccc(C(=O)N[C@H](C(=O)OCC(=O)Nc2ccc(C#N)c(Cl)c2)C(C)C)cc1. The molecule has 0 aliphatic rings. The van der Waals surface area contributed by atoms with Crippen molar-refractivity contribution < 1.29 is 23.9 Å². The van der Waals surface area contributed by atoms with Crippen LogP contribution in [0.2, 0.25) is 5.02 Å². The van der Waals surface area contributed by atoms with E-state index in [0.717, 1.165) is 0 Å². The largest absolute Gasteiger partial charge is 0.494 e. The topological polar surface area (TPSA) is 118 Å². The van der Waals surface area contributed by atoms with Gasteiger partial charge in [-0.15, -0.1) is 0 Å². The first kappa shape index (κ1) is 24.7. The fourth-order valence-electron chi connectivity index (χ4n) is 2.70. The number of nitrogens with one attached hydrogen (secondary N) is 2. The highest BCUT2D eigenvalue weighted by Crippen LogP contribution is 2.20. The molecule has 0 aliphatic carbocycles. The van der Waals surface area contributed by atoms with E-state index in [1.54, 1.807) is 38.1 Å². The Morgan fingerprint density at radius 3 is 2.38 bits per heavy atom. The molecule has 0 aliphatic heterocycles. The van der Waals surface area contributed by atoms with Crippen molar-refractivity contribution >= 4 is 35.1 Å². The standard InChI is InChI=1S/C23H24ClN3O5/c1-4-31-18-9-6-15(7-10-18)22(29)27-21(14(2)3)23(30)32-13-20(28)26-17-8-5-16(12-25)19(24)11-17/h5-11,14,21H,4,13H2,1-3H3,(H,26,28)(H,27,29)/t21-/m0/s1. The molecular weight excluding hydrogens is 434 g/mol. The van der Waals surface area contributed by atoms with Crippen LogP contribution in [-0.2, 0) is 14.3 Å². The molecule has 2 N–H and O–H groups in total. The number of nitriles is 1. The van der Waals surface area contributed by atoms with Crippen LogP contribution in [0.15, 0.2) is 42.5 Å². The molecule has 0 aromatic heterocycles. The molecule has 168 valence electrons. The van der Waals surface area contributed by atoms with Gasteiger partial charge in [-0.2, -0.15) is 5.26 Å². The number of rotatable bonds is 9. The van der Waals surface area contributed by atoms with Gasteiger partial charge < -0.3 is 20.1 Å². The van der Waals surface area contributed by atoms with Crippen LogP contribution in [0.3, 0.4) is 0 Å². The molecule has 0 saturated carbocycles. The lowest BCUT2D eigenvalue weighted by molar-refractivity contribution is -0.150. The monoisotopic (exact) mass is 457 g/mol. The Balaban J connectivity index is 1.93. The lowest BCUT2D eigenvalue weighted by atomic mass is 10.0. The molecule has 2 rings (SSSR count). The summed E-state index contributed by atoms with van der Waals surface area (Å²) in [5.74, 6) is -1.39. The number of esters is 1. The van der Waals surface area contributed by atoms with Crippen LogP contribution >= 0.6 is 11.6 Å². The second kappa shape index (κ2) is 11.7.